The lowest BCUT2D eigenvalue weighted by Crippen LogP contribution is -2.18. The maximum Gasteiger partial charge on any atom is 0.374 e. The number of benzene rings is 3. The molecule has 0 radical (unpaired) electrons. The molecule has 3 aromatic rings. The molecule has 0 N–H and O–H groups in total. The van der Waals surface area contributed by atoms with E-state index in [0.717, 1.165) is 10.9 Å². The molecule has 0 unspecified atom stereocenters. The summed E-state index contributed by atoms with van der Waals surface area (Å²) in [6, 6.07) is 19.4. The van der Waals surface area contributed by atoms with Crippen LogP contribution < -0.4 is 0 Å². The Morgan fingerprint density at radius 1 is 0.926 bits per heavy atom. The smallest absolute Gasteiger partial charge is 0.374 e. The monoisotopic (exact) mass is 363 g/mol. The molecule has 0 spiro atoms. The number of hydrogen-bond donors (Lipinski definition) is 0. The van der Waals surface area contributed by atoms with Gasteiger partial charge in [0.2, 0.25) is 5.78 Å². The van der Waals surface area contributed by atoms with Crippen LogP contribution in [0.5, 0.6) is 0 Å². The number of fused-ring (bicyclic) bond motifs is 1. The lowest BCUT2D eigenvalue weighted by molar-refractivity contribution is -0.383. The number of nitro groups is 1. The quantitative estimate of drug-likeness (QED) is 0.274. The highest BCUT2D eigenvalue weighted by Crippen LogP contribution is 2.30. The lowest BCUT2D eigenvalue weighted by Gasteiger charge is -2.07. The molecule has 0 saturated heterocycles. The molecule has 0 heterocycles. The highest BCUT2D eigenvalue weighted by Gasteiger charge is 2.21. The van der Waals surface area contributed by atoms with Crippen LogP contribution in [0.1, 0.15) is 17.5 Å². The van der Waals surface area contributed by atoms with E-state index in [0.29, 0.717) is 10.9 Å². The standard InChI is InChI=1S/C21H17NO5/c23-19(21(24)27-14-15-6-2-1-3-7-15)13-12-17-11-10-16-8-4-5-9-18(16)20(17)22(25)26/h1-11H,12-14H2. The lowest BCUT2D eigenvalue weighted by atomic mass is 10.00. The highest BCUT2D eigenvalue weighted by molar-refractivity contribution is 6.33. The summed E-state index contributed by atoms with van der Waals surface area (Å²) in [5, 5.41) is 12.8. The van der Waals surface area contributed by atoms with Gasteiger partial charge in [0.15, 0.2) is 0 Å². The van der Waals surface area contributed by atoms with E-state index in [2.05, 4.69) is 0 Å². The van der Waals surface area contributed by atoms with E-state index in [4.69, 9.17) is 4.74 Å². The molecule has 0 amide bonds. The number of rotatable bonds is 7. The number of Topliss-reactive ketones (excluding diaryl/α,β-unsaturated/α-hetero) is 1. The Hall–Kier alpha value is -3.54. The number of nitro benzene ring substituents is 1. The van der Waals surface area contributed by atoms with Gasteiger partial charge in [0.25, 0.3) is 5.69 Å². The van der Waals surface area contributed by atoms with Crippen LogP contribution in [0.2, 0.25) is 0 Å². The predicted molar refractivity (Wildman–Crippen MR) is 100 cm³/mol. The van der Waals surface area contributed by atoms with E-state index in [1.807, 2.05) is 18.2 Å². The third kappa shape index (κ3) is 4.36. The van der Waals surface area contributed by atoms with Crippen molar-refractivity contribution in [1.29, 1.82) is 0 Å². The third-order valence-corrected chi connectivity index (χ3v) is 4.23. The molecule has 3 aromatic carbocycles. The fraction of sp³-hybridized carbons (Fsp3) is 0.143. The van der Waals surface area contributed by atoms with Gasteiger partial charge in [-0.1, -0.05) is 60.7 Å². The Morgan fingerprint density at radius 3 is 2.37 bits per heavy atom. The summed E-state index contributed by atoms with van der Waals surface area (Å²) in [7, 11) is 0. The first-order chi connectivity index (χ1) is 13.1. The normalized spacial score (nSPS) is 10.5. The van der Waals surface area contributed by atoms with Gasteiger partial charge < -0.3 is 4.74 Å². The Balaban J connectivity index is 1.67. The zero-order valence-corrected chi connectivity index (χ0v) is 14.5. The molecule has 136 valence electrons. The Kier molecular flexibility index (Phi) is 5.56. The van der Waals surface area contributed by atoms with E-state index < -0.39 is 16.7 Å². The number of hydrogen-bond acceptors (Lipinski definition) is 5. The maximum atomic E-state index is 12.0. The highest BCUT2D eigenvalue weighted by atomic mass is 16.6. The van der Waals surface area contributed by atoms with Gasteiger partial charge in [0.05, 0.1) is 10.3 Å². The molecule has 0 atom stereocenters. The molecule has 0 fully saturated rings. The van der Waals surface area contributed by atoms with Gasteiger partial charge >= 0.3 is 5.97 Å². The van der Waals surface area contributed by atoms with Gasteiger partial charge in [-0.3, -0.25) is 14.9 Å². The molecule has 0 aromatic heterocycles. The first-order valence-corrected chi connectivity index (χ1v) is 8.45. The SMILES string of the molecule is O=C(CCc1ccc2ccccc2c1[N+](=O)[O-])C(=O)OCc1ccccc1. The molecule has 0 aliphatic carbocycles. The van der Waals surface area contributed by atoms with Gasteiger partial charge in [-0.15, -0.1) is 0 Å². The van der Waals surface area contributed by atoms with Crippen molar-refractivity contribution < 1.29 is 19.2 Å². The number of nitrogens with zero attached hydrogens (tertiary/aromatic N) is 1. The minimum absolute atomic E-state index is 0.0154. The van der Waals surface area contributed by atoms with E-state index >= 15 is 0 Å². The fourth-order valence-corrected chi connectivity index (χ4v) is 2.87. The van der Waals surface area contributed by atoms with Crippen LogP contribution in [0.4, 0.5) is 5.69 Å². The first kappa shape index (κ1) is 18.3. The van der Waals surface area contributed by atoms with Gasteiger partial charge in [-0.05, 0) is 23.4 Å². The van der Waals surface area contributed by atoms with Crippen LogP contribution >= 0.6 is 0 Å². The zero-order chi connectivity index (χ0) is 19.2. The first-order valence-electron chi connectivity index (χ1n) is 8.45. The van der Waals surface area contributed by atoms with E-state index in [9.17, 15) is 19.7 Å². The molecule has 27 heavy (non-hydrogen) atoms. The van der Waals surface area contributed by atoms with Crippen molar-refractivity contribution in [3.05, 3.63) is 88.0 Å². The van der Waals surface area contributed by atoms with Crippen molar-refractivity contribution in [2.75, 3.05) is 0 Å². The summed E-state index contributed by atoms with van der Waals surface area (Å²) in [5.74, 6) is -1.63. The number of carbonyl (C=O) groups excluding carboxylic acids is 2. The molecular weight excluding hydrogens is 346 g/mol. The predicted octanol–water partition coefficient (Wildman–Crippen LogP) is 3.99. The van der Waals surface area contributed by atoms with Crippen molar-refractivity contribution in [3.63, 3.8) is 0 Å². The van der Waals surface area contributed by atoms with Gasteiger partial charge in [0.1, 0.15) is 6.61 Å². The van der Waals surface area contributed by atoms with Crippen LogP contribution in [0.25, 0.3) is 10.8 Å². The van der Waals surface area contributed by atoms with Crippen LogP contribution in [-0.4, -0.2) is 16.7 Å². The summed E-state index contributed by atoms with van der Waals surface area (Å²) in [6.07, 6.45) is -0.0484. The Bertz CT molecular complexity index is 998. The summed E-state index contributed by atoms with van der Waals surface area (Å²) < 4.78 is 5.00. The van der Waals surface area contributed by atoms with Crippen LogP contribution in [0, 0.1) is 10.1 Å². The molecular formula is C21H17NO5. The largest absolute Gasteiger partial charge is 0.455 e. The van der Waals surface area contributed by atoms with E-state index in [1.165, 1.54) is 0 Å². The number of ether oxygens (including phenoxy) is 1. The second kappa shape index (κ2) is 8.23. The molecule has 6 heteroatoms. The zero-order valence-electron chi connectivity index (χ0n) is 14.5. The topological polar surface area (TPSA) is 86.5 Å². The van der Waals surface area contributed by atoms with Crippen molar-refractivity contribution in [1.82, 2.24) is 0 Å². The van der Waals surface area contributed by atoms with Gasteiger partial charge in [-0.2, -0.15) is 0 Å². The number of carbonyl (C=O) groups is 2. The van der Waals surface area contributed by atoms with Crippen LogP contribution in [0.3, 0.4) is 0 Å². The van der Waals surface area contributed by atoms with Crippen LogP contribution in [-0.2, 0) is 27.4 Å². The number of esters is 1. The van der Waals surface area contributed by atoms with E-state index in [-0.39, 0.29) is 25.1 Å². The van der Waals surface area contributed by atoms with Crippen molar-refractivity contribution in [2.45, 2.75) is 19.4 Å². The minimum atomic E-state index is -0.928. The summed E-state index contributed by atoms with van der Waals surface area (Å²) in [5.41, 5.74) is 1.17. The minimum Gasteiger partial charge on any atom is -0.455 e. The average Bonchev–Trinajstić information content (AvgIpc) is 2.70. The Labute approximate surface area is 155 Å². The Morgan fingerprint density at radius 2 is 1.63 bits per heavy atom. The molecule has 0 bridgehead atoms. The fourth-order valence-electron chi connectivity index (χ4n) is 2.87. The summed E-state index contributed by atoms with van der Waals surface area (Å²) in [6.45, 7) is 0.0154. The van der Waals surface area contributed by atoms with Crippen molar-refractivity contribution >= 4 is 28.2 Å². The van der Waals surface area contributed by atoms with Crippen molar-refractivity contribution in [2.24, 2.45) is 0 Å². The average molecular weight is 363 g/mol. The van der Waals surface area contributed by atoms with E-state index in [1.54, 1.807) is 48.5 Å². The molecule has 0 aliphatic heterocycles. The van der Waals surface area contributed by atoms with Gasteiger partial charge in [0, 0.05) is 12.0 Å². The maximum absolute atomic E-state index is 12.0. The number of aryl methyl sites for hydroxylation is 1. The summed E-state index contributed by atoms with van der Waals surface area (Å²) >= 11 is 0. The number of ketones is 1. The molecule has 0 saturated carbocycles. The molecule has 3 rings (SSSR count). The van der Waals surface area contributed by atoms with Crippen molar-refractivity contribution in [3.8, 4) is 0 Å². The van der Waals surface area contributed by atoms with Crippen LogP contribution in [0.15, 0.2) is 66.7 Å². The van der Waals surface area contributed by atoms with Gasteiger partial charge in [-0.25, -0.2) is 4.79 Å². The summed E-state index contributed by atoms with van der Waals surface area (Å²) in [4.78, 5) is 35.0. The molecule has 0 aliphatic rings. The third-order valence-electron chi connectivity index (χ3n) is 4.23. The second-order valence-electron chi connectivity index (χ2n) is 6.04. The second-order valence-corrected chi connectivity index (χ2v) is 6.04. The molecule has 6 nitrogen and oxygen atoms in total.